The second-order valence-corrected chi connectivity index (χ2v) is 3.82. The van der Waals surface area contributed by atoms with Crippen LogP contribution < -0.4 is 0 Å². The second kappa shape index (κ2) is 4.97. The monoisotopic (exact) mass is 235 g/mol. The van der Waals surface area contributed by atoms with Crippen LogP contribution in [-0.4, -0.2) is 34.7 Å². The number of hydrogen-bond donors (Lipinski definition) is 1. The number of β-lactam (4-membered cyclic amide) rings is 1. The molecule has 1 fully saturated rings. The van der Waals surface area contributed by atoms with Crippen molar-refractivity contribution < 1.29 is 19.4 Å². The molecule has 0 spiro atoms. The number of rotatable bonds is 4. The molecule has 1 aromatic carbocycles. The van der Waals surface area contributed by atoms with E-state index in [1.54, 1.807) is 0 Å². The Bertz CT molecular complexity index is 418. The number of carbonyl (C=O) groups is 2. The number of benzene rings is 1. The van der Waals surface area contributed by atoms with Crippen molar-refractivity contribution >= 4 is 11.9 Å². The summed E-state index contributed by atoms with van der Waals surface area (Å²) in [4.78, 5) is 23.7. The predicted molar refractivity (Wildman–Crippen MR) is 58.6 cm³/mol. The molecule has 2 rings (SSSR count). The van der Waals surface area contributed by atoms with Crippen LogP contribution in [0.4, 0.5) is 0 Å². The molecule has 0 aromatic heterocycles. The Hall–Kier alpha value is -1.88. The fourth-order valence-electron chi connectivity index (χ4n) is 1.67. The number of amides is 1. The molecule has 5 heteroatoms. The van der Waals surface area contributed by atoms with E-state index in [-0.39, 0.29) is 18.9 Å². The molecule has 90 valence electrons. The number of carbonyl (C=O) groups excluding carboxylic acids is 2. The van der Waals surface area contributed by atoms with Gasteiger partial charge in [0.15, 0.2) is 0 Å². The highest BCUT2D eigenvalue weighted by Gasteiger charge is 2.41. The lowest BCUT2D eigenvalue weighted by atomic mass is 10.0. The lowest BCUT2D eigenvalue weighted by molar-refractivity contribution is -0.171. The van der Waals surface area contributed by atoms with Crippen LogP contribution in [0.3, 0.4) is 0 Å². The van der Waals surface area contributed by atoms with E-state index < -0.39 is 18.7 Å². The minimum absolute atomic E-state index is 0.119. The molecule has 0 bridgehead atoms. The molecule has 0 saturated carbocycles. The zero-order valence-corrected chi connectivity index (χ0v) is 9.20. The molecule has 1 atom stereocenters. The van der Waals surface area contributed by atoms with E-state index in [2.05, 4.69) is 0 Å². The molecule has 1 aliphatic heterocycles. The smallest absolute Gasteiger partial charge is 0.329 e. The van der Waals surface area contributed by atoms with Crippen molar-refractivity contribution in [2.45, 2.75) is 19.1 Å². The maximum atomic E-state index is 11.6. The molecule has 1 N–H and O–H groups in total. The summed E-state index contributed by atoms with van der Waals surface area (Å²) in [5.41, 5.74) is 0.891. The number of aliphatic hydroxyl groups excluding tert-OH is 1. The number of hydrogen-bond acceptors (Lipinski definition) is 4. The fourth-order valence-corrected chi connectivity index (χ4v) is 1.67. The molecule has 1 aliphatic rings. The summed E-state index contributed by atoms with van der Waals surface area (Å²) in [6.07, 6.45) is 0.119. The van der Waals surface area contributed by atoms with Gasteiger partial charge in [0.2, 0.25) is 5.91 Å². The van der Waals surface area contributed by atoms with E-state index in [0.29, 0.717) is 0 Å². The third kappa shape index (κ3) is 2.45. The Balaban J connectivity index is 1.84. The SMILES string of the molecule is O=C(OCc1ccccc1)[C@@H]1CC(=O)N1CO. The molecule has 0 unspecified atom stereocenters. The molecule has 5 nitrogen and oxygen atoms in total. The van der Waals surface area contributed by atoms with Crippen LogP contribution >= 0.6 is 0 Å². The minimum atomic E-state index is -0.629. The average molecular weight is 235 g/mol. The summed E-state index contributed by atoms with van der Waals surface area (Å²) < 4.78 is 5.07. The van der Waals surface area contributed by atoms with Crippen LogP contribution in [0.5, 0.6) is 0 Å². The topological polar surface area (TPSA) is 66.8 Å². The van der Waals surface area contributed by atoms with Gasteiger partial charge < -0.3 is 14.7 Å². The zero-order valence-electron chi connectivity index (χ0n) is 9.20. The Labute approximate surface area is 98.6 Å². The van der Waals surface area contributed by atoms with Crippen LogP contribution in [0.15, 0.2) is 30.3 Å². The van der Waals surface area contributed by atoms with Gasteiger partial charge in [-0.1, -0.05) is 30.3 Å². The van der Waals surface area contributed by atoms with E-state index in [1.807, 2.05) is 30.3 Å². The summed E-state index contributed by atoms with van der Waals surface area (Å²) in [7, 11) is 0. The highest BCUT2D eigenvalue weighted by molar-refractivity contribution is 5.94. The van der Waals surface area contributed by atoms with Gasteiger partial charge in [0.25, 0.3) is 0 Å². The van der Waals surface area contributed by atoms with Crippen LogP contribution in [0, 0.1) is 0 Å². The zero-order chi connectivity index (χ0) is 12.3. The Morgan fingerprint density at radius 2 is 2.12 bits per heavy atom. The van der Waals surface area contributed by atoms with Gasteiger partial charge in [-0.2, -0.15) is 0 Å². The van der Waals surface area contributed by atoms with Crippen molar-refractivity contribution in [3.8, 4) is 0 Å². The summed E-state index contributed by atoms with van der Waals surface area (Å²) in [6, 6.07) is 8.66. The van der Waals surface area contributed by atoms with Crippen molar-refractivity contribution in [2.75, 3.05) is 6.73 Å². The van der Waals surface area contributed by atoms with Crippen LogP contribution in [-0.2, 0) is 20.9 Å². The van der Waals surface area contributed by atoms with Crippen molar-refractivity contribution in [1.82, 2.24) is 4.90 Å². The quantitative estimate of drug-likeness (QED) is 0.601. The van der Waals surface area contributed by atoms with E-state index >= 15 is 0 Å². The highest BCUT2D eigenvalue weighted by Crippen LogP contribution is 2.19. The van der Waals surface area contributed by atoms with Gasteiger partial charge in [0.1, 0.15) is 19.4 Å². The van der Waals surface area contributed by atoms with Crippen molar-refractivity contribution in [2.24, 2.45) is 0 Å². The molecule has 1 saturated heterocycles. The fraction of sp³-hybridized carbons (Fsp3) is 0.333. The van der Waals surface area contributed by atoms with Gasteiger partial charge in [-0.15, -0.1) is 0 Å². The van der Waals surface area contributed by atoms with E-state index in [4.69, 9.17) is 9.84 Å². The number of nitrogens with zero attached hydrogens (tertiary/aromatic N) is 1. The maximum absolute atomic E-state index is 11.6. The molecule has 17 heavy (non-hydrogen) atoms. The number of ether oxygens (including phenoxy) is 1. The summed E-state index contributed by atoms with van der Waals surface area (Å²) >= 11 is 0. The minimum Gasteiger partial charge on any atom is -0.459 e. The standard InChI is InChI=1S/C12H13NO4/c14-8-13-10(6-11(13)15)12(16)17-7-9-4-2-1-3-5-9/h1-5,10,14H,6-8H2/t10-/m0/s1. The number of likely N-dealkylation sites (tertiary alicyclic amines) is 1. The van der Waals surface area contributed by atoms with Gasteiger partial charge in [0.05, 0.1) is 6.42 Å². The molecule has 1 amide bonds. The molecular weight excluding hydrogens is 222 g/mol. The van der Waals surface area contributed by atoms with E-state index in [9.17, 15) is 9.59 Å². The lowest BCUT2D eigenvalue weighted by Crippen LogP contribution is -2.57. The lowest BCUT2D eigenvalue weighted by Gasteiger charge is -2.36. The summed E-state index contributed by atoms with van der Waals surface area (Å²) in [5, 5.41) is 8.86. The van der Waals surface area contributed by atoms with Gasteiger partial charge in [-0.05, 0) is 5.56 Å². The van der Waals surface area contributed by atoms with Crippen molar-refractivity contribution in [1.29, 1.82) is 0 Å². The molecule has 1 aromatic rings. The summed E-state index contributed by atoms with van der Waals surface area (Å²) in [5.74, 6) is -0.698. The van der Waals surface area contributed by atoms with Gasteiger partial charge in [-0.25, -0.2) is 4.79 Å². The van der Waals surface area contributed by atoms with E-state index in [1.165, 1.54) is 0 Å². The van der Waals surface area contributed by atoms with E-state index in [0.717, 1.165) is 10.5 Å². The first-order valence-electron chi connectivity index (χ1n) is 5.33. The van der Waals surface area contributed by atoms with Gasteiger partial charge in [-0.3, -0.25) is 4.79 Å². The molecule has 0 aliphatic carbocycles. The average Bonchev–Trinajstić information content (AvgIpc) is 2.35. The molecular formula is C12H13NO4. The first-order chi connectivity index (χ1) is 8.22. The third-order valence-corrected chi connectivity index (χ3v) is 2.71. The normalized spacial score (nSPS) is 18.8. The number of aliphatic hydroxyl groups is 1. The summed E-state index contributed by atoms with van der Waals surface area (Å²) in [6.45, 7) is -0.256. The Morgan fingerprint density at radius 3 is 2.71 bits per heavy atom. The predicted octanol–water partition coefficient (Wildman–Crippen LogP) is 0.280. The Morgan fingerprint density at radius 1 is 1.41 bits per heavy atom. The maximum Gasteiger partial charge on any atom is 0.329 e. The first kappa shape index (κ1) is 11.6. The first-order valence-corrected chi connectivity index (χ1v) is 5.33. The Kier molecular flexibility index (Phi) is 3.39. The second-order valence-electron chi connectivity index (χ2n) is 3.82. The van der Waals surface area contributed by atoms with Crippen molar-refractivity contribution in [3.63, 3.8) is 0 Å². The van der Waals surface area contributed by atoms with Gasteiger partial charge >= 0.3 is 5.97 Å². The molecule has 0 radical (unpaired) electrons. The van der Waals surface area contributed by atoms with Crippen LogP contribution in [0.25, 0.3) is 0 Å². The largest absolute Gasteiger partial charge is 0.459 e. The number of esters is 1. The van der Waals surface area contributed by atoms with Crippen molar-refractivity contribution in [3.05, 3.63) is 35.9 Å². The van der Waals surface area contributed by atoms with Gasteiger partial charge in [0, 0.05) is 0 Å². The third-order valence-electron chi connectivity index (χ3n) is 2.71. The van der Waals surface area contributed by atoms with Crippen LogP contribution in [0.2, 0.25) is 0 Å². The highest BCUT2D eigenvalue weighted by atomic mass is 16.5. The van der Waals surface area contributed by atoms with Crippen LogP contribution in [0.1, 0.15) is 12.0 Å². The molecule has 1 heterocycles.